The Hall–Kier alpha value is -3.72. The van der Waals surface area contributed by atoms with Crippen LogP contribution in [0, 0.1) is 5.92 Å². The summed E-state index contributed by atoms with van der Waals surface area (Å²) in [6.45, 7) is -0.0104. The second-order valence-corrected chi connectivity index (χ2v) is 10.7. The Morgan fingerprint density at radius 1 is 1.16 bits per heavy atom. The largest absolute Gasteiger partial charge is 0.338 e. The summed E-state index contributed by atoms with van der Waals surface area (Å²) >= 11 is 6.44. The van der Waals surface area contributed by atoms with Crippen LogP contribution in [0.5, 0.6) is 0 Å². The molecule has 0 radical (unpaired) electrons. The third-order valence-electron chi connectivity index (χ3n) is 7.54. The molecule has 0 bridgehead atoms. The first-order valence-electron chi connectivity index (χ1n) is 12.8. The van der Waals surface area contributed by atoms with E-state index in [4.69, 9.17) is 16.6 Å². The van der Waals surface area contributed by atoms with Crippen LogP contribution in [0.25, 0.3) is 0 Å². The summed E-state index contributed by atoms with van der Waals surface area (Å²) in [5, 5.41) is 6.16. The number of rotatable bonds is 8. The minimum Gasteiger partial charge on any atom is -0.338 e. The van der Waals surface area contributed by atoms with Gasteiger partial charge in [0.1, 0.15) is 17.9 Å². The van der Waals surface area contributed by atoms with Gasteiger partial charge in [-0.3, -0.25) is 29.1 Å². The Kier molecular flexibility index (Phi) is 7.21. The van der Waals surface area contributed by atoms with E-state index in [-0.39, 0.29) is 36.9 Å². The summed E-state index contributed by atoms with van der Waals surface area (Å²) in [7, 11) is 1.60. The molecule has 1 aliphatic heterocycles. The summed E-state index contributed by atoms with van der Waals surface area (Å²) in [6, 6.07) is 12.8. The van der Waals surface area contributed by atoms with Crippen molar-refractivity contribution < 1.29 is 19.2 Å². The number of amides is 4. The summed E-state index contributed by atoms with van der Waals surface area (Å²) in [5.41, 5.74) is 2.48. The average molecular weight is 536 g/mol. The zero-order valence-corrected chi connectivity index (χ0v) is 22.0. The monoisotopic (exact) mass is 535 g/mol. The molecular formula is C28H30ClN5O4. The van der Waals surface area contributed by atoms with Gasteiger partial charge in [0.15, 0.2) is 0 Å². The first kappa shape index (κ1) is 25.9. The Labute approximate surface area is 226 Å². The molecule has 10 heteroatoms. The number of hydrogen-bond acceptors (Lipinski definition) is 5. The SMILES string of the molecule is CN(C=O)CNC(=O)C1Cc2ccc(NC(=O)CN3C(=O)C4(CCCC4)N=C3c3ccccc3Cl)cc2C1. The number of nitrogens with one attached hydrogen (secondary N) is 2. The van der Waals surface area contributed by atoms with Crippen LogP contribution >= 0.6 is 11.6 Å². The van der Waals surface area contributed by atoms with Gasteiger partial charge in [-0.15, -0.1) is 0 Å². The van der Waals surface area contributed by atoms with Crippen molar-refractivity contribution in [1.82, 2.24) is 15.1 Å². The molecule has 2 aromatic carbocycles. The molecule has 0 saturated heterocycles. The molecule has 1 atom stereocenters. The van der Waals surface area contributed by atoms with Crippen LogP contribution in [0.1, 0.15) is 42.4 Å². The fourth-order valence-corrected chi connectivity index (χ4v) is 5.77. The van der Waals surface area contributed by atoms with Gasteiger partial charge < -0.3 is 15.5 Å². The van der Waals surface area contributed by atoms with E-state index in [1.54, 1.807) is 13.1 Å². The first-order valence-corrected chi connectivity index (χ1v) is 13.2. The van der Waals surface area contributed by atoms with Gasteiger partial charge in [-0.05, 0) is 61.1 Å². The first-order chi connectivity index (χ1) is 18.3. The van der Waals surface area contributed by atoms with Gasteiger partial charge in [0.05, 0.1) is 11.7 Å². The van der Waals surface area contributed by atoms with E-state index in [1.165, 1.54) is 9.80 Å². The number of benzene rings is 2. The second-order valence-electron chi connectivity index (χ2n) is 10.2. The highest BCUT2D eigenvalue weighted by atomic mass is 35.5. The van der Waals surface area contributed by atoms with Gasteiger partial charge in [0, 0.05) is 24.2 Å². The fraction of sp³-hybridized carbons (Fsp3) is 0.393. The number of nitrogens with zero attached hydrogens (tertiary/aromatic N) is 3. The van der Waals surface area contributed by atoms with E-state index in [0.29, 0.717) is 54.2 Å². The van der Waals surface area contributed by atoms with Gasteiger partial charge in [0.2, 0.25) is 18.2 Å². The van der Waals surface area contributed by atoms with E-state index in [1.807, 2.05) is 36.4 Å². The third-order valence-corrected chi connectivity index (χ3v) is 7.87. The number of amidine groups is 1. The number of carbonyl (C=O) groups is 4. The van der Waals surface area contributed by atoms with Gasteiger partial charge in [-0.25, -0.2) is 0 Å². The standard InChI is InChI=1S/C28H30ClN5O4/c1-33(17-35)16-30-26(37)20-12-18-8-9-21(14-19(18)13-20)31-24(36)15-34-25(22-6-2-3-7-23(22)29)32-28(27(34)38)10-4-5-11-28/h2-3,6-9,14,17,20H,4-5,10-13,15-16H2,1H3,(H,30,37)(H,31,36). The summed E-state index contributed by atoms with van der Waals surface area (Å²) in [6.07, 6.45) is 4.99. The van der Waals surface area contributed by atoms with Crippen molar-refractivity contribution >= 4 is 47.3 Å². The highest BCUT2D eigenvalue weighted by molar-refractivity contribution is 6.35. The highest BCUT2D eigenvalue weighted by Gasteiger charge is 2.50. The predicted octanol–water partition coefficient (Wildman–Crippen LogP) is 2.76. The molecule has 198 valence electrons. The number of anilines is 1. The second kappa shape index (κ2) is 10.6. The molecule has 4 amide bonds. The Morgan fingerprint density at radius 3 is 2.63 bits per heavy atom. The van der Waals surface area contributed by atoms with Crippen molar-refractivity contribution in [3.8, 4) is 0 Å². The van der Waals surface area contributed by atoms with Crippen molar-refractivity contribution in [2.45, 2.75) is 44.1 Å². The van der Waals surface area contributed by atoms with E-state index >= 15 is 0 Å². The van der Waals surface area contributed by atoms with Crippen LogP contribution in [0.3, 0.4) is 0 Å². The lowest BCUT2D eigenvalue weighted by Gasteiger charge is -2.22. The molecule has 1 unspecified atom stereocenters. The minimum atomic E-state index is -0.807. The molecule has 3 aliphatic rings. The normalized spacial score (nSPS) is 19.3. The molecule has 5 rings (SSSR count). The van der Waals surface area contributed by atoms with Crippen molar-refractivity contribution in [1.29, 1.82) is 0 Å². The number of aliphatic imine (C=N–C) groups is 1. The number of fused-ring (bicyclic) bond motifs is 1. The summed E-state index contributed by atoms with van der Waals surface area (Å²) in [4.78, 5) is 57.6. The van der Waals surface area contributed by atoms with Gasteiger partial charge in [-0.1, -0.05) is 42.6 Å². The average Bonchev–Trinajstić information content (AvgIpc) is 3.62. The van der Waals surface area contributed by atoms with E-state index in [9.17, 15) is 19.2 Å². The molecule has 2 aliphatic carbocycles. The zero-order chi connectivity index (χ0) is 26.9. The molecular weight excluding hydrogens is 506 g/mol. The van der Waals surface area contributed by atoms with E-state index < -0.39 is 5.54 Å². The maximum Gasteiger partial charge on any atom is 0.256 e. The summed E-state index contributed by atoms with van der Waals surface area (Å²) in [5.74, 6) is -0.378. The lowest BCUT2D eigenvalue weighted by atomic mass is 9.98. The maximum atomic E-state index is 13.5. The third kappa shape index (κ3) is 5.03. The van der Waals surface area contributed by atoms with Crippen LogP contribution in [0.15, 0.2) is 47.5 Å². The van der Waals surface area contributed by atoms with Crippen LogP contribution < -0.4 is 10.6 Å². The molecule has 1 spiro atoms. The molecule has 2 aromatic rings. The highest BCUT2D eigenvalue weighted by Crippen LogP contribution is 2.40. The lowest BCUT2D eigenvalue weighted by molar-refractivity contribution is -0.133. The Bertz CT molecular complexity index is 1320. The smallest absolute Gasteiger partial charge is 0.256 e. The maximum absolute atomic E-state index is 13.5. The van der Waals surface area contributed by atoms with Gasteiger partial charge in [0.25, 0.3) is 5.91 Å². The fourth-order valence-electron chi connectivity index (χ4n) is 5.55. The Balaban J connectivity index is 1.27. The van der Waals surface area contributed by atoms with Crippen molar-refractivity contribution in [3.05, 3.63) is 64.2 Å². The molecule has 1 saturated carbocycles. The number of halogens is 1. The van der Waals surface area contributed by atoms with Crippen molar-refractivity contribution in [3.63, 3.8) is 0 Å². The zero-order valence-electron chi connectivity index (χ0n) is 21.2. The summed E-state index contributed by atoms with van der Waals surface area (Å²) < 4.78 is 0. The van der Waals surface area contributed by atoms with Crippen molar-refractivity contribution in [2.24, 2.45) is 10.9 Å². The number of carbonyl (C=O) groups excluding carboxylic acids is 4. The predicted molar refractivity (Wildman–Crippen MR) is 144 cm³/mol. The van der Waals surface area contributed by atoms with Crippen molar-refractivity contribution in [2.75, 3.05) is 25.6 Å². The lowest BCUT2D eigenvalue weighted by Crippen LogP contribution is -2.45. The molecule has 0 aromatic heterocycles. The van der Waals surface area contributed by atoms with Crippen LogP contribution in [0.2, 0.25) is 5.02 Å². The number of hydrogen-bond donors (Lipinski definition) is 2. The molecule has 2 N–H and O–H groups in total. The van der Waals surface area contributed by atoms with E-state index in [0.717, 1.165) is 24.0 Å². The van der Waals surface area contributed by atoms with Gasteiger partial charge in [-0.2, -0.15) is 0 Å². The van der Waals surface area contributed by atoms with Crippen LogP contribution in [0.4, 0.5) is 5.69 Å². The molecule has 9 nitrogen and oxygen atoms in total. The quantitative estimate of drug-likeness (QED) is 0.400. The van der Waals surface area contributed by atoms with E-state index in [2.05, 4.69) is 10.6 Å². The molecule has 1 heterocycles. The topological polar surface area (TPSA) is 111 Å². The van der Waals surface area contributed by atoms with Gasteiger partial charge >= 0.3 is 0 Å². The molecule has 38 heavy (non-hydrogen) atoms. The minimum absolute atomic E-state index is 0.111. The van der Waals surface area contributed by atoms with Crippen LogP contribution in [-0.2, 0) is 32.0 Å². The van der Waals surface area contributed by atoms with Crippen LogP contribution in [-0.4, -0.2) is 65.6 Å². The Morgan fingerprint density at radius 2 is 1.89 bits per heavy atom. The molecule has 1 fully saturated rings.